The van der Waals surface area contributed by atoms with Crippen molar-refractivity contribution in [3.05, 3.63) is 42.7 Å². The first-order valence-corrected chi connectivity index (χ1v) is 5.85. The van der Waals surface area contributed by atoms with E-state index in [9.17, 15) is 4.79 Å². The molecule has 0 fully saturated rings. The molecular weight excluding hydrogens is 244 g/mol. The van der Waals surface area contributed by atoms with E-state index < -0.39 is 0 Å². The van der Waals surface area contributed by atoms with Crippen LogP contribution < -0.4 is 14.8 Å². The quantitative estimate of drug-likeness (QED) is 0.896. The van der Waals surface area contributed by atoms with Gasteiger partial charge in [-0.2, -0.15) is 0 Å². The first-order valence-electron chi connectivity index (χ1n) is 5.85. The maximum absolute atomic E-state index is 11.8. The number of methoxy groups -OCH3 is 2. The SMILES string of the molecule is COc1ccc(NC(=O)Cn2cccc2)cc1OC. The van der Waals surface area contributed by atoms with Crippen LogP contribution in [-0.4, -0.2) is 24.7 Å². The lowest BCUT2D eigenvalue weighted by Gasteiger charge is -2.10. The van der Waals surface area contributed by atoms with Crippen molar-refractivity contribution in [1.29, 1.82) is 0 Å². The molecule has 19 heavy (non-hydrogen) atoms. The van der Waals surface area contributed by atoms with E-state index in [0.717, 1.165) is 0 Å². The Morgan fingerprint density at radius 1 is 1.16 bits per heavy atom. The monoisotopic (exact) mass is 260 g/mol. The minimum absolute atomic E-state index is 0.0941. The lowest BCUT2D eigenvalue weighted by molar-refractivity contribution is -0.116. The van der Waals surface area contributed by atoms with Crippen LogP contribution in [0.4, 0.5) is 5.69 Å². The molecule has 0 aliphatic rings. The van der Waals surface area contributed by atoms with Gasteiger partial charge in [-0.1, -0.05) is 0 Å². The lowest BCUT2D eigenvalue weighted by Crippen LogP contribution is -2.17. The van der Waals surface area contributed by atoms with Crippen LogP contribution >= 0.6 is 0 Å². The largest absolute Gasteiger partial charge is 0.493 e. The number of amides is 1. The molecule has 2 aromatic rings. The Morgan fingerprint density at radius 2 is 1.84 bits per heavy atom. The maximum atomic E-state index is 11.8. The molecule has 0 aliphatic carbocycles. The number of carbonyl (C=O) groups is 1. The van der Waals surface area contributed by atoms with Crippen molar-refractivity contribution >= 4 is 11.6 Å². The summed E-state index contributed by atoms with van der Waals surface area (Å²) >= 11 is 0. The summed E-state index contributed by atoms with van der Waals surface area (Å²) in [5.41, 5.74) is 0.676. The minimum Gasteiger partial charge on any atom is -0.493 e. The second kappa shape index (κ2) is 5.95. The third-order valence-electron chi connectivity index (χ3n) is 2.66. The van der Waals surface area contributed by atoms with Crippen molar-refractivity contribution in [3.8, 4) is 11.5 Å². The summed E-state index contributed by atoms with van der Waals surface area (Å²) in [5, 5.41) is 2.81. The summed E-state index contributed by atoms with van der Waals surface area (Å²) in [6.07, 6.45) is 3.68. The molecule has 5 heteroatoms. The lowest BCUT2D eigenvalue weighted by atomic mass is 10.2. The van der Waals surface area contributed by atoms with E-state index in [-0.39, 0.29) is 12.5 Å². The smallest absolute Gasteiger partial charge is 0.244 e. The van der Waals surface area contributed by atoms with Crippen LogP contribution in [0, 0.1) is 0 Å². The van der Waals surface area contributed by atoms with E-state index in [1.165, 1.54) is 0 Å². The molecule has 0 atom stereocenters. The molecule has 0 radical (unpaired) electrons. The number of anilines is 1. The van der Waals surface area contributed by atoms with Gasteiger partial charge in [-0.25, -0.2) is 0 Å². The van der Waals surface area contributed by atoms with Gasteiger partial charge in [0.05, 0.1) is 14.2 Å². The third-order valence-corrected chi connectivity index (χ3v) is 2.66. The topological polar surface area (TPSA) is 52.5 Å². The van der Waals surface area contributed by atoms with Gasteiger partial charge in [-0.05, 0) is 24.3 Å². The first-order chi connectivity index (χ1) is 9.22. The number of rotatable bonds is 5. The molecule has 0 saturated heterocycles. The van der Waals surface area contributed by atoms with Crippen molar-refractivity contribution in [2.45, 2.75) is 6.54 Å². The maximum Gasteiger partial charge on any atom is 0.244 e. The van der Waals surface area contributed by atoms with Crippen LogP contribution in [0.3, 0.4) is 0 Å². The number of hydrogen-bond acceptors (Lipinski definition) is 3. The second-order valence-corrected chi connectivity index (χ2v) is 3.97. The highest BCUT2D eigenvalue weighted by Crippen LogP contribution is 2.29. The van der Waals surface area contributed by atoms with Crippen LogP contribution in [0.15, 0.2) is 42.7 Å². The van der Waals surface area contributed by atoms with Gasteiger partial charge in [0.25, 0.3) is 0 Å². The molecule has 0 unspecified atom stereocenters. The van der Waals surface area contributed by atoms with Crippen molar-refractivity contribution in [2.24, 2.45) is 0 Å². The van der Waals surface area contributed by atoms with Gasteiger partial charge in [0.2, 0.25) is 5.91 Å². The third kappa shape index (κ3) is 3.28. The molecule has 1 aromatic heterocycles. The van der Waals surface area contributed by atoms with Crippen molar-refractivity contribution in [3.63, 3.8) is 0 Å². The molecule has 1 heterocycles. The highest BCUT2D eigenvalue weighted by Gasteiger charge is 2.07. The van der Waals surface area contributed by atoms with Gasteiger partial charge in [-0.15, -0.1) is 0 Å². The van der Waals surface area contributed by atoms with E-state index >= 15 is 0 Å². The molecule has 2 rings (SSSR count). The van der Waals surface area contributed by atoms with E-state index in [4.69, 9.17) is 9.47 Å². The summed E-state index contributed by atoms with van der Waals surface area (Å²) in [4.78, 5) is 11.8. The number of ether oxygens (including phenoxy) is 2. The van der Waals surface area contributed by atoms with Crippen molar-refractivity contribution in [2.75, 3.05) is 19.5 Å². The standard InChI is InChI=1S/C14H16N2O3/c1-18-12-6-5-11(9-13(12)19-2)15-14(17)10-16-7-3-4-8-16/h3-9H,10H2,1-2H3,(H,15,17). The minimum atomic E-state index is -0.0941. The molecular formula is C14H16N2O3. The Kier molecular flexibility index (Phi) is 4.07. The van der Waals surface area contributed by atoms with Crippen molar-refractivity contribution in [1.82, 2.24) is 4.57 Å². The molecule has 1 amide bonds. The highest BCUT2D eigenvalue weighted by atomic mass is 16.5. The number of benzene rings is 1. The molecule has 1 N–H and O–H groups in total. The zero-order valence-corrected chi connectivity index (χ0v) is 10.9. The fourth-order valence-electron chi connectivity index (χ4n) is 1.76. The Bertz CT molecular complexity index is 550. The predicted molar refractivity (Wildman–Crippen MR) is 72.6 cm³/mol. The fraction of sp³-hybridized carbons (Fsp3) is 0.214. The molecule has 0 saturated carbocycles. The van der Waals surface area contributed by atoms with Crippen molar-refractivity contribution < 1.29 is 14.3 Å². The van der Waals surface area contributed by atoms with Crippen LogP contribution in [-0.2, 0) is 11.3 Å². The van der Waals surface area contributed by atoms with E-state index in [0.29, 0.717) is 17.2 Å². The van der Waals surface area contributed by atoms with E-state index in [2.05, 4.69) is 5.32 Å². The Balaban J connectivity index is 2.04. The summed E-state index contributed by atoms with van der Waals surface area (Å²) < 4.78 is 12.1. The van der Waals surface area contributed by atoms with Crippen LogP contribution in [0.25, 0.3) is 0 Å². The van der Waals surface area contributed by atoms with Gasteiger partial charge in [0, 0.05) is 24.1 Å². The van der Waals surface area contributed by atoms with Crippen LogP contribution in [0.1, 0.15) is 0 Å². The van der Waals surface area contributed by atoms with Gasteiger partial charge in [0.1, 0.15) is 6.54 Å². The number of nitrogens with zero attached hydrogens (tertiary/aromatic N) is 1. The van der Waals surface area contributed by atoms with E-state index in [1.54, 1.807) is 37.0 Å². The second-order valence-electron chi connectivity index (χ2n) is 3.97. The fourth-order valence-corrected chi connectivity index (χ4v) is 1.76. The molecule has 0 aliphatic heterocycles. The zero-order chi connectivity index (χ0) is 13.7. The summed E-state index contributed by atoms with van der Waals surface area (Å²) in [6.45, 7) is 0.279. The average molecular weight is 260 g/mol. The number of nitrogens with one attached hydrogen (secondary N) is 1. The van der Waals surface area contributed by atoms with Crippen LogP contribution in [0.5, 0.6) is 11.5 Å². The highest BCUT2D eigenvalue weighted by molar-refractivity contribution is 5.90. The summed E-state index contributed by atoms with van der Waals surface area (Å²) in [5.74, 6) is 1.12. The van der Waals surface area contributed by atoms with Gasteiger partial charge in [-0.3, -0.25) is 4.79 Å². The Hall–Kier alpha value is -2.43. The molecule has 5 nitrogen and oxygen atoms in total. The predicted octanol–water partition coefficient (Wildman–Crippen LogP) is 2.14. The van der Waals surface area contributed by atoms with Crippen LogP contribution in [0.2, 0.25) is 0 Å². The molecule has 0 spiro atoms. The first kappa shape index (κ1) is 13.0. The number of aromatic nitrogens is 1. The zero-order valence-electron chi connectivity index (χ0n) is 10.9. The van der Waals surface area contributed by atoms with Gasteiger partial charge < -0.3 is 19.4 Å². The van der Waals surface area contributed by atoms with Gasteiger partial charge in [0.15, 0.2) is 11.5 Å². The Morgan fingerprint density at radius 3 is 2.47 bits per heavy atom. The molecule has 1 aromatic carbocycles. The average Bonchev–Trinajstić information content (AvgIpc) is 2.91. The van der Waals surface area contributed by atoms with E-state index in [1.807, 2.05) is 24.5 Å². The Labute approximate surface area is 111 Å². The summed E-state index contributed by atoms with van der Waals surface area (Å²) in [6, 6.07) is 9.01. The number of hydrogen-bond donors (Lipinski definition) is 1. The summed E-state index contributed by atoms with van der Waals surface area (Å²) in [7, 11) is 3.13. The molecule has 0 bridgehead atoms. The number of carbonyl (C=O) groups excluding carboxylic acids is 1. The van der Waals surface area contributed by atoms with Gasteiger partial charge >= 0.3 is 0 Å². The normalized spacial score (nSPS) is 10.0. The molecule has 100 valence electrons.